The zero-order valence-electron chi connectivity index (χ0n) is 13.0. The maximum Gasteiger partial charge on any atom is 0.406 e. The Balaban J connectivity index is 1.65. The predicted molar refractivity (Wildman–Crippen MR) is 78.3 cm³/mol. The number of carbonyl (C=O) groups excluding carboxylic acids is 1. The average Bonchev–Trinajstić information content (AvgIpc) is 3.08. The fourth-order valence-corrected chi connectivity index (χ4v) is 2.70. The Kier molecular flexibility index (Phi) is 4.29. The van der Waals surface area contributed by atoms with Gasteiger partial charge in [-0.15, -0.1) is 0 Å². The molecule has 0 radical (unpaired) electrons. The average molecular weight is 339 g/mol. The fourth-order valence-electron chi connectivity index (χ4n) is 2.70. The minimum Gasteiger partial charge on any atom is -0.339 e. The number of hydrogen-bond donors (Lipinski definition) is 0. The zero-order chi connectivity index (χ0) is 17.3. The smallest absolute Gasteiger partial charge is 0.339 e. The lowest BCUT2D eigenvalue weighted by Gasteiger charge is -2.17. The van der Waals surface area contributed by atoms with E-state index in [1.54, 1.807) is 0 Å². The molecule has 1 aromatic heterocycles. The number of rotatable bonds is 4. The molecule has 2 aromatic rings. The summed E-state index contributed by atoms with van der Waals surface area (Å²) in [5, 5.41) is 3.86. The molecule has 0 N–H and O–H groups in total. The van der Waals surface area contributed by atoms with Gasteiger partial charge in [-0.05, 0) is 12.5 Å². The van der Waals surface area contributed by atoms with Crippen molar-refractivity contribution in [3.63, 3.8) is 0 Å². The van der Waals surface area contributed by atoms with Crippen LogP contribution in [-0.2, 0) is 11.2 Å². The van der Waals surface area contributed by atoms with Crippen molar-refractivity contribution in [3.8, 4) is 0 Å². The van der Waals surface area contributed by atoms with Gasteiger partial charge in [0.25, 0.3) is 0 Å². The van der Waals surface area contributed by atoms with Gasteiger partial charge in [-0.25, -0.2) is 0 Å². The lowest BCUT2D eigenvalue weighted by atomic mass is 10.1. The molecule has 3 rings (SSSR count). The van der Waals surface area contributed by atoms with Crippen LogP contribution in [-0.4, -0.2) is 40.2 Å². The van der Waals surface area contributed by atoms with Crippen LogP contribution in [0.25, 0.3) is 0 Å². The highest BCUT2D eigenvalue weighted by atomic mass is 19.4. The van der Waals surface area contributed by atoms with Crippen molar-refractivity contribution < 1.29 is 22.5 Å². The van der Waals surface area contributed by atoms with E-state index in [-0.39, 0.29) is 18.9 Å². The number of amides is 1. The van der Waals surface area contributed by atoms with Crippen LogP contribution in [0.2, 0.25) is 0 Å². The molecule has 0 spiro atoms. The number of aryl methyl sites for hydroxylation is 1. The fraction of sp³-hybridized carbons (Fsp3) is 0.438. The highest BCUT2D eigenvalue weighted by Gasteiger charge is 2.40. The lowest BCUT2D eigenvalue weighted by molar-refractivity contribution is -0.157. The van der Waals surface area contributed by atoms with E-state index >= 15 is 0 Å². The Morgan fingerprint density at radius 2 is 2.00 bits per heavy atom. The molecule has 8 heteroatoms. The summed E-state index contributed by atoms with van der Waals surface area (Å²) in [4.78, 5) is 16.7. The predicted octanol–water partition coefficient (Wildman–Crippen LogP) is 2.85. The van der Waals surface area contributed by atoms with Crippen molar-refractivity contribution in [1.82, 2.24) is 15.0 Å². The summed E-state index contributed by atoms with van der Waals surface area (Å²) in [5.41, 5.74) is 2.15. The zero-order valence-corrected chi connectivity index (χ0v) is 13.0. The number of benzene rings is 1. The molecule has 1 saturated heterocycles. The monoisotopic (exact) mass is 339 g/mol. The van der Waals surface area contributed by atoms with Crippen LogP contribution in [0.15, 0.2) is 28.8 Å². The Bertz CT molecular complexity index is 725. The van der Waals surface area contributed by atoms with Crippen molar-refractivity contribution in [2.45, 2.75) is 31.9 Å². The van der Waals surface area contributed by atoms with Crippen LogP contribution < -0.4 is 0 Å². The number of carbonyl (C=O) groups is 1. The maximum atomic E-state index is 12.4. The Morgan fingerprint density at radius 1 is 1.29 bits per heavy atom. The molecule has 1 fully saturated rings. The SMILES string of the molecule is Cc1ccc(Cc2noc([C@@H]3CC(=O)N(CC(F)(F)F)C3)n2)cc1. The molecule has 2 heterocycles. The Labute approximate surface area is 136 Å². The normalized spacial score (nSPS) is 18.4. The molecule has 1 aliphatic heterocycles. The van der Waals surface area contributed by atoms with Crippen molar-refractivity contribution >= 4 is 5.91 Å². The van der Waals surface area contributed by atoms with E-state index in [1.807, 2.05) is 31.2 Å². The van der Waals surface area contributed by atoms with Gasteiger partial charge >= 0.3 is 6.18 Å². The van der Waals surface area contributed by atoms with Crippen LogP contribution >= 0.6 is 0 Å². The number of likely N-dealkylation sites (tertiary alicyclic amines) is 1. The van der Waals surface area contributed by atoms with Crippen LogP contribution in [0.4, 0.5) is 13.2 Å². The van der Waals surface area contributed by atoms with Gasteiger partial charge < -0.3 is 9.42 Å². The van der Waals surface area contributed by atoms with E-state index in [9.17, 15) is 18.0 Å². The van der Waals surface area contributed by atoms with Crippen LogP contribution in [0, 0.1) is 6.92 Å². The van der Waals surface area contributed by atoms with Crippen LogP contribution in [0.3, 0.4) is 0 Å². The molecule has 1 aromatic carbocycles. The Hall–Kier alpha value is -2.38. The highest BCUT2D eigenvalue weighted by Crippen LogP contribution is 2.29. The van der Waals surface area contributed by atoms with E-state index < -0.39 is 24.5 Å². The molecular weight excluding hydrogens is 323 g/mol. The summed E-state index contributed by atoms with van der Waals surface area (Å²) in [6.45, 7) is 0.692. The topological polar surface area (TPSA) is 59.2 Å². The molecule has 1 atom stereocenters. The summed E-state index contributed by atoms with van der Waals surface area (Å²) in [6.07, 6.45) is -3.98. The first-order chi connectivity index (χ1) is 11.3. The summed E-state index contributed by atoms with van der Waals surface area (Å²) in [7, 11) is 0. The molecule has 0 unspecified atom stereocenters. The van der Waals surface area contributed by atoms with Gasteiger partial charge in [0.2, 0.25) is 11.8 Å². The van der Waals surface area contributed by atoms with E-state index in [0.29, 0.717) is 12.2 Å². The molecule has 24 heavy (non-hydrogen) atoms. The minimum absolute atomic E-state index is 0.0394. The molecule has 0 bridgehead atoms. The first-order valence-electron chi connectivity index (χ1n) is 7.53. The molecule has 128 valence electrons. The second kappa shape index (κ2) is 6.26. The van der Waals surface area contributed by atoms with Crippen molar-refractivity contribution in [2.24, 2.45) is 0 Å². The van der Waals surface area contributed by atoms with Crippen LogP contribution in [0.1, 0.15) is 35.2 Å². The number of alkyl halides is 3. The molecule has 5 nitrogen and oxygen atoms in total. The third-order valence-corrected chi connectivity index (χ3v) is 3.90. The van der Waals surface area contributed by atoms with E-state index in [4.69, 9.17) is 4.52 Å². The second-order valence-electron chi connectivity index (χ2n) is 6.00. The third kappa shape index (κ3) is 3.93. The Morgan fingerprint density at radius 3 is 2.67 bits per heavy atom. The quantitative estimate of drug-likeness (QED) is 0.859. The van der Waals surface area contributed by atoms with Crippen molar-refractivity contribution in [2.75, 3.05) is 13.1 Å². The second-order valence-corrected chi connectivity index (χ2v) is 6.00. The van der Waals surface area contributed by atoms with Crippen molar-refractivity contribution in [1.29, 1.82) is 0 Å². The molecule has 1 aliphatic rings. The summed E-state index contributed by atoms with van der Waals surface area (Å²) in [5.74, 6) is -0.361. The number of hydrogen-bond acceptors (Lipinski definition) is 4. The number of aromatic nitrogens is 2. The van der Waals surface area contributed by atoms with Crippen LogP contribution in [0.5, 0.6) is 0 Å². The summed E-state index contributed by atoms with van der Waals surface area (Å²) in [6, 6.07) is 7.85. The van der Waals surface area contributed by atoms with Gasteiger partial charge in [0, 0.05) is 19.4 Å². The summed E-state index contributed by atoms with van der Waals surface area (Å²) < 4.78 is 42.5. The molecular formula is C16H16F3N3O2. The van der Waals surface area contributed by atoms with Gasteiger partial charge in [0.1, 0.15) is 6.54 Å². The third-order valence-electron chi connectivity index (χ3n) is 3.90. The van der Waals surface area contributed by atoms with Gasteiger partial charge in [0.15, 0.2) is 5.82 Å². The first-order valence-corrected chi connectivity index (χ1v) is 7.53. The van der Waals surface area contributed by atoms with Gasteiger partial charge in [-0.2, -0.15) is 18.2 Å². The van der Waals surface area contributed by atoms with E-state index in [0.717, 1.165) is 16.0 Å². The first kappa shape index (κ1) is 16.5. The summed E-state index contributed by atoms with van der Waals surface area (Å²) >= 11 is 0. The number of nitrogens with zero attached hydrogens (tertiary/aromatic N) is 3. The van der Waals surface area contributed by atoms with Gasteiger partial charge in [-0.1, -0.05) is 35.0 Å². The molecule has 0 saturated carbocycles. The van der Waals surface area contributed by atoms with Gasteiger partial charge in [-0.3, -0.25) is 4.79 Å². The van der Waals surface area contributed by atoms with Gasteiger partial charge in [0.05, 0.1) is 5.92 Å². The molecule has 0 aliphatic carbocycles. The number of halogens is 3. The minimum atomic E-state index is -4.41. The van der Waals surface area contributed by atoms with E-state index in [2.05, 4.69) is 10.1 Å². The highest BCUT2D eigenvalue weighted by molar-refractivity contribution is 5.79. The standard InChI is InChI=1S/C16H16F3N3O2/c1-10-2-4-11(5-3-10)6-13-20-15(24-21-13)12-7-14(23)22(8-12)9-16(17,18)19/h2-5,12H,6-9H2,1H3/t12-/m1/s1. The maximum absolute atomic E-state index is 12.4. The van der Waals surface area contributed by atoms with Crippen molar-refractivity contribution in [3.05, 3.63) is 47.1 Å². The largest absolute Gasteiger partial charge is 0.406 e. The van der Waals surface area contributed by atoms with E-state index in [1.165, 1.54) is 0 Å². The lowest BCUT2D eigenvalue weighted by Crippen LogP contribution is -2.35. The molecule has 1 amide bonds.